The maximum atomic E-state index is 14.1. The third-order valence-electron chi connectivity index (χ3n) is 14.3. The molecule has 6 aromatic carbocycles. The summed E-state index contributed by atoms with van der Waals surface area (Å²) in [5.41, 5.74) is 6.31. The number of rotatable bonds is 20. The summed E-state index contributed by atoms with van der Waals surface area (Å²) >= 11 is 0. The zero-order chi connectivity index (χ0) is 50.0. The molecule has 0 unspecified atom stereocenters. The Morgan fingerprint density at radius 3 is 1.12 bits per heavy atom. The Labute approximate surface area is 457 Å². The molecule has 2 amide bonds. The van der Waals surface area contributed by atoms with Gasteiger partial charge in [0.05, 0.1) is 18.9 Å². The smallest absolute Gasteiger partial charge is 0.870 e. The van der Waals surface area contributed by atoms with Crippen molar-refractivity contribution < 1.29 is 58.8 Å². The number of carbonyl (C=O) groups excluding carboxylic acids is 3. The first kappa shape index (κ1) is 62.9. The molecule has 2 aliphatic rings. The second-order valence-electron chi connectivity index (χ2n) is 19.0. The van der Waals surface area contributed by atoms with Crippen molar-refractivity contribution in [3.63, 3.8) is 0 Å². The number of likely N-dealkylation sites (N-methyl/N-ethyl adjacent to an activating group) is 2. The van der Waals surface area contributed by atoms with Crippen LogP contribution in [0.25, 0.3) is 0 Å². The third kappa shape index (κ3) is 17.3. The van der Waals surface area contributed by atoms with Gasteiger partial charge in [-0.2, -0.15) is 0 Å². The zero-order valence-electron chi connectivity index (χ0n) is 43.5. The standard InChI is InChI=1S/C31H36N2O3.C30H34N2O3.CH4.Li.2H2O/c1-32(21-13-12-16-24-14-6-3-7-15-24)27-22-28(31(35)36-2)33(23-27)30(34)29(25-17-8-4-9-18-25)26-19-10-5-11-20-26;1-31(20-12-11-15-23-13-5-2-6-14-23)26-21-27(30(34)35)32(22-26)29(33)28(24-16-7-3-8-17-24)25-18-9-4-10-19-25;;;;/h3-11,14-15,17-20,27-29H,12-13,16,21-23H2,1-2H3;2-10,13-14,16-19,26-28H,11-12,15,20-22H2,1H3,(H,34,35);1H4;;2*1H2/q;;;+1;;/p-1/t27-,28-;26-,27-;;;;/m00..../s1. The fraction of sp³-hybridized carbons (Fsp3) is 0.355. The summed E-state index contributed by atoms with van der Waals surface area (Å²) in [5.74, 6) is -2.46. The van der Waals surface area contributed by atoms with Crippen molar-refractivity contribution in [2.75, 3.05) is 47.4 Å². The average molecular weight is 1010 g/mol. The molecule has 13 heteroatoms. The van der Waals surface area contributed by atoms with E-state index in [-0.39, 0.29) is 67.1 Å². The normalized spacial score (nSPS) is 16.7. The Bertz CT molecular complexity index is 2490. The Hall–Kier alpha value is -6.36. The molecule has 2 fully saturated rings. The van der Waals surface area contributed by atoms with E-state index in [0.717, 1.165) is 73.9 Å². The Balaban J connectivity index is 0.000000375. The molecule has 2 aliphatic heterocycles. The van der Waals surface area contributed by atoms with Gasteiger partial charge in [-0.05, 0) is 112 Å². The topological polar surface area (TPSA) is 172 Å². The predicted octanol–water partition coefficient (Wildman–Crippen LogP) is 6.38. The van der Waals surface area contributed by atoms with Crippen molar-refractivity contribution in [2.45, 2.75) is 94.8 Å². The first-order valence-corrected chi connectivity index (χ1v) is 25.2. The van der Waals surface area contributed by atoms with E-state index >= 15 is 0 Å². The van der Waals surface area contributed by atoms with E-state index in [9.17, 15) is 24.3 Å². The number of aryl methyl sites for hydroxylation is 2. The summed E-state index contributed by atoms with van der Waals surface area (Å²) in [6, 6.07) is 58.7. The zero-order valence-corrected chi connectivity index (χ0v) is 43.5. The van der Waals surface area contributed by atoms with Crippen molar-refractivity contribution in [1.29, 1.82) is 0 Å². The number of likely N-dealkylation sites (tertiary alicyclic amines) is 2. The Morgan fingerprint density at radius 1 is 0.520 bits per heavy atom. The summed E-state index contributed by atoms with van der Waals surface area (Å²) in [4.78, 5) is 60.8. The second kappa shape index (κ2) is 32.2. The second-order valence-corrected chi connectivity index (χ2v) is 19.0. The number of carbonyl (C=O) groups is 4. The fourth-order valence-corrected chi connectivity index (χ4v) is 10.3. The number of benzene rings is 6. The number of esters is 1. The third-order valence-corrected chi connectivity index (χ3v) is 14.3. The van der Waals surface area contributed by atoms with E-state index < -0.39 is 29.9 Å². The van der Waals surface area contributed by atoms with Crippen LogP contribution in [0.4, 0.5) is 0 Å². The van der Waals surface area contributed by atoms with Gasteiger partial charge < -0.3 is 40.4 Å². The molecule has 4 atom stereocenters. The van der Waals surface area contributed by atoms with Crippen molar-refractivity contribution in [3.8, 4) is 0 Å². The minimum Gasteiger partial charge on any atom is -0.870 e. The van der Waals surface area contributed by atoms with Crippen LogP contribution in [-0.2, 0) is 36.8 Å². The van der Waals surface area contributed by atoms with Crippen LogP contribution >= 0.6 is 0 Å². The molecule has 4 N–H and O–H groups in total. The van der Waals surface area contributed by atoms with Crippen LogP contribution in [0.3, 0.4) is 0 Å². The maximum absolute atomic E-state index is 14.1. The minimum atomic E-state index is -0.932. The van der Waals surface area contributed by atoms with Crippen LogP contribution in [0.5, 0.6) is 0 Å². The van der Waals surface area contributed by atoms with Crippen LogP contribution in [0.1, 0.15) is 91.2 Å². The van der Waals surface area contributed by atoms with Gasteiger partial charge in [0.1, 0.15) is 12.1 Å². The molecule has 2 saturated heterocycles. The van der Waals surface area contributed by atoms with E-state index in [2.05, 4.69) is 65.4 Å². The molecular weight excluding hydrogens is 936 g/mol. The molecular formula is C62H77LiN4O8. The van der Waals surface area contributed by atoms with Gasteiger partial charge in [-0.15, -0.1) is 0 Å². The monoisotopic (exact) mass is 1010 g/mol. The molecule has 0 spiro atoms. The van der Waals surface area contributed by atoms with Gasteiger partial charge in [-0.25, -0.2) is 9.59 Å². The quantitative estimate of drug-likeness (QED) is 0.0518. The van der Waals surface area contributed by atoms with Crippen LogP contribution in [0.15, 0.2) is 182 Å². The van der Waals surface area contributed by atoms with Gasteiger partial charge in [0.15, 0.2) is 0 Å². The van der Waals surface area contributed by atoms with Gasteiger partial charge in [-0.3, -0.25) is 9.59 Å². The van der Waals surface area contributed by atoms with Crippen LogP contribution < -0.4 is 18.9 Å². The predicted molar refractivity (Wildman–Crippen MR) is 293 cm³/mol. The number of carboxylic acids is 1. The molecule has 75 heavy (non-hydrogen) atoms. The summed E-state index contributed by atoms with van der Waals surface area (Å²) in [6.45, 7) is 2.76. The molecule has 8 rings (SSSR count). The number of aliphatic carboxylic acids is 1. The van der Waals surface area contributed by atoms with Gasteiger partial charge in [-0.1, -0.05) is 189 Å². The van der Waals surface area contributed by atoms with Crippen molar-refractivity contribution in [3.05, 3.63) is 215 Å². The molecule has 2 heterocycles. The van der Waals surface area contributed by atoms with Crippen LogP contribution in [0, 0.1) is 0 Å². The molecule has 0 saturated carbocycles. The number of ether oxygens (including phenoxy) is 1. The summed E-state index contributed by atoms with van der Waals surface area (Å²) in [6.07, 6.45) is 7.42. The van der Waals surface area contributed by atoms with Crippen LogP contribution in [-0.4, -0.2) is 131 Å². The van der Waals surface area contributed by atoms with Gasteiger partial charge >= 0.3 is 30.8 Å². The van der Waals surface area contributed by atoms with E-state index in [1.54, 1.807) is 9.80 Å². The molecule has 394 valence electrons. The van der Waals surface area contributed by atoms with Gasteiger partial charge in [0, 0.05) is 25.2 Å². The molecule has 0 aliphatic carbocycles. The molecule has 6 aromatic rings. The van der Waals surface area contributed by atoms with E-state index in [4.69, 9.17) is 4.74 Å². The van der Waals surface area contributed by atoms with Crippen molar-refractivity contribution in [1.82, 2.24) is 19.6 Å². The fourth-order valence-electron chi connectivity index (χ4n) is 10.3. The number of hydrogen-bond acceptors (Lipinski definition) is 8. The number of unbranched alkanes of at least 4 members (excludes halogenated alkanes) is 2. The van der Waals surface area contributed by atoms with Crippen LogP contribution in [0.2, 0.25) is 0 Å². The summed E-state index contributed by atoms with van der Waals surface area (Å²) < 4.78 is 5.13. The number of amides is 2. The number of carboxylic acid groups (broad SMARTS) is 1. The molecule has 12 nitrogen and oxygen atoms in total. The van der Waals surface area contributed by atoms with Gasteiger partial charge in [0.2, 0.25) is 11.8 Å². The van der Waals surface area contributed by atoms with E-state index in [1.165, 1.54) is 18.2 Å². The summed E-state index contributed by atoms with van der Waals surface area (Å²) in [7, 11) is 5.55. The molecule has 0 bridgehead atoms. The van der Waals surface area contributed by atoms with Crippen molar-refractivity contribution >= 4 is 23.8 Å². The molecule has 0 radical (unpaired) electrons. The Kier molecular flexibility index (Phi) is 27.0. The van der Waals surface area contributed by atoms with E-state index in [1.807, 2.05) is 141 Å². The first-order chi connectivity index (χ1) is 34.6. The summed E-state index contributed by atoms with van der Waals surface area (Å²) in [5, 5.41) is 9.98. The van der Waals surface area contributed by atoms with Gasteiger partial charge in [0.25, 0.3) is 0 Å². The SMILES string of the molecule is C.CN(CCCCc1ccccc1)[C@H]1C[C@@H](C(=O)O)N(C(=O)C(c2ccccc2)c2ccccc2)C1.COC(=O)[C@@H]1C[C@H](N(C)CCCCc2ccccc2)CN1C(=O)C(c1ccccc1)c1ccccc1.O.[Li+].[OH-]. The number of methoxy groups -OCH3 is 1. The van der Waals surface area contributed by atoms with Crippen molar-refractivity contribution in [2.24, 2.45) is 0 Å². The Morgan fingerprint density at radius 2 is 0.813 bits per heavy atom. The number of hydrogen-bond donors (Lipinski definition) is 1. The first-order valence-electron chi connectivity index (χ1n) is 25.2. The minimum absolute atomic E-state index is 0. The number of nitrogens with zero attached hydrogens (tertiary/aromatic N) is 4. The molecule has 0 aromatic heterocycles. The maximum Gasteiger partial charge on any atom is 1.00 e. The largest absolute Gasteiger partial charge is 1.00 e. The average Bonchev–Trinajstić information content (AvgIpc) is 4.08. The van der Waals surface area contributed by atoms with E-state index in [0.29, 0.717) is 25.9 Å².